The number of nitrogens with zero attached hydrogens (tertiary/aromatic N) is 2. The second-order valence-corrected chi connectivity index (χ2v) is 6.31. The summed E-state index contributed by atoms with van der Waals surface area (Å²) in [7, 11) is 0.515. The van der Waals surface area contributed by atoms with Crippen LogP contribution in [0, 0.1) is 11.3 Å². The Kier molecular flexibility index (Phi) is 5.96. The van der Waals surface area contributed by atoms with Gasteiger partial charge in [0, 0.05) is 6.54 Å². The topological polar surface area (TPSA) is 73.2 Å². The van der Waals surface area contributed by atoms with Gasteiger partial charge in [0.05, 0.1) is 16.5 Å². The Morgan fingerprint density at radius 1 is 1.21 bits per heavy atom. The highest BCUT2D eigenvalue weighted by atomic mass is 32.2. The van der Waals surface area contributed by atoms with Crippen LogP contribution in [0.1, 0.15) is 18.4 Å². The Labute approximate surface area is 114 Å². The molecule has 1 aromatic rings. The van der Waals surface area contributed by atoms with Gasteiger partial charge < -0.3 is 4.90 Å². The molecule has 1 aromatic carbocycles. The van der Waals surface area contributed by atoms with Crippen molar-refractivity contribution in [1.29, 1.82) is 5.26 Å². The molecule has 0 aliphatic rings. The van der Waals surface area contributed by atoms with Gasteiger partial charge in [0.15, 0.2) is 0 Å². The molecule has 1 N–H and O–H groups in total. The van der Waals surface area contributed by atoms with E-state index in [0.717, 1.165) is 19.4 Å². The average molecular weight is 281 g/mol. The smallest absolute Gasteiger partial charge is 0.240 e. The van der Waals surface area contributed by atoms with Crippen molar-refractivity contribution in [3.63, 3.8) is 0 Å². The molecule has 5 nitrogen and oxygen atoms in total. The van der Waals surface area contributed by atoms with E-state index in [4.69, 9.17) is 5.26 Å². The standard InChI is InChI=1S/C13H19N3O2S/c1-16(2)10-4-3-9-15-19(17,18)13-7-5-12(11-14)6-8-13/h5-8,15H,3-4,9-10H2,1-2H3. The lowest BCUT2D eigenvalue weighted by Crippen LogP contribution is -2.25. The van der Waals surface area contributed by atoms with E-state index in [0.29, 0.717) is 12.1 Å². The molecule has 0 aliphatic carbocycles. The van der Waals surface area contributed by atoms with Gasteiger partial charge in [-0.25, -0.2) is 13.1 Å². The highest BCUT2D eigenvalue weighted by molar-refractivity contribution is 7.89. The zero-order valence-electron chi connectivity index (χ0n) is 11.3. The van der Waals surface area contributed by atoms with E-state index in [1.807, 2.05) is 20.2 Å². The van der Waals surface area contributed by atoms with Crippen molar-refractivity contribution < 1.29 is 8.42 Å². The lowest BCUT2D eigenvalue weighted by molar-refractivity contribution is 0.394. The lowest BCUT2D eigenvalue weighted by Gasteiger charge is -2.10. The summed E-state index contributed by atoms with van der Waals surface area (Å²) in [6, 6.07) is 7.85. The Bertz CT molecular complexity index is 530. The van der Waals surface area contributed by atoms with Crippen LogP contribution in [0.25, 0.3) is 0 Å². The van der Waals surface area contributed by atoms with Crippen LogP contribution >= 0.6 is 0 Å². The molecule has 0 saturated heterocycles. The summed E-state index contributed by atoms with van der Waals surface area (Å²) in [5.74, 6) is 0. The summed E-state index contributed by atoms with van der Waals surface area (Å²) in [5, 5.41) is 8.66. The second kappa shape index (κ2) is 7.24. The predicted octanol–water partition coefficient (Wildman–Crippen LogP) is 1.18. The molecule has 0 radical (unpaired) electrons. The van der Waals surface area contributed by atoms with Crippen LogP contribution in [-0.4, -0.2) is 40.5 Å². The summed E-state index contributed by atoms with van der Waals surface area (Å²) in [4.78, 5) is 2.26. The van der Waals surface area contributed by atoms with Crippen molar-refractivity contribution in [1.82, 2.24) is 9.62 Å². The van der Waals surface area contributed by atoms with Gasteiger partial charge >= 0.3 is 0 Å². The molecule has 0 unspecified atom stereocenters. The minimum Gasteiger partial charge on any atom is -0.309 e. The summed E-state index contributed by atoms with van der Waals surface area (Å²) in [6.07, 6.45) is 1.75. The fourth-order valence-electron chi connectivity index (χ4n) is 1.55. The third-order valence-corrected chi connectivity index (χ3v) is 4.09. The van der Waals surface area contributed by atoms with Gasteiger partial charge in [-0.3, -0.25) is 0 Å². The first-order valence-electron chi connectivity index (χ1n) is 6.10. The third kappa shape index (κ3) is 5.39. The van der Waals surface area contributed by atoms with Crippen LogP contribution < -0.4 is 4.72 Å². The summed E-state index contributed by atoms with van der Waals surface area (Å²) < 4.78 is 26.4. The number of sulfonamides is 1. The molecule has 0 spiro atoms. The average Bonchev–Trinajstić information content (AvgIpc) is 2.38. The van der Waals surface area contributed by atoms with Crippen LogP contribution in [0.3, 0.4) is 0 Å². The first kappa shape index (κ1) is 15.6. The summed E-state index contributed by atoms with van der Waals surface area (Å²) >= 11 is 0. The first-order chi connectivity index (χ1) is 8.95. The number of unbranched alkanes of at least 4 members (excludes halogenated alkanes) is 1. The van der Waals surface area contributed by atoms with Crippen LogP contribution in [0.4, 0.5) is 0 Å². The molecule has 0 saturated carbocycles. The highest BCUT2D eigenvalue weighted by Crippen LogP contribution is 2.09. The van der Waals surface area contributed by atoms with E-state index in [1.54, 1.807) is 0 Å². The SMILES string of the molecule is CN(C)CCCCNS(=O)(=O)c1ccc(C#N)cc1. The van der Waals surface area contributed by atoms with E-state index in [2.05, 4.69) is 9.62 Å². The van der Waals surface area contributed by atoms with Crippen molar-refractivity contribution in [2.75, 3.05) is 27.2 Å². The molecule has 0 atom stereocenters. The number of nitriles is 1. The lowest BCUT2D eigenvalue weighted by atomic mass is 10.2. The molecule has 0 heterocycles. The van der Waals surface area contributed by atoms with Crippen LogP contribution in [0.2, 0.25) is 0 Å². The second-order valence-electron chi connectivity index (χ2n) is 4.54. The van der Waals surface area contributed by atoms with E-state index in [9.17, 15) is 8.42 Å². The normalized spacial score (nSPS) is 11.5. The Morgan fingerprint density at radius 2 is 1.84 bits per heavy atom. The number of benzene rings is 1. The summed E-state index contributed by atoms with van der Waals surface area (Å²) in [6.45, 7) is 1.37. The van der Waals surface area contributed by atoms with Crippen LogP contribution in [0.5, 0.6) is 0 Å². The number of hydrogen-bond donors (Lipinski definition) is 1. The van der Waals surface area contributed by atoms with E-state index in [1.165, 1.54) is 24.3 Å². The number of hydrogen-bond acceptors (Lipinski definition) is 4. The van der Waals surface area contributed by atoms with Gasteiger partial charge in [-0.2, -0.15) is 5.26 Å². The maximum Gasteiger partial charge on any atom is 0.240 e. The fourth-order valence-corrected chi connectivity index (χ4v) is 2.63. The predicted molar refractivity (Wildman–Crippen MR) is 74.1 cm³/mol. The molecule has 0 aromatic heterocycles. The quantitative estimate of drug-likeness (QED) is 0.762. The third-order valence-electron chi connectivity index (χ3n) is 2.62. The van der Waals surface area contributed by atoms with E-state index >= 15 is 0 Å². The molecule has 0 fully saturated rings. The highest BCUT2D eigenvalue weighted by Gasteiger charge is 2.12. The van der Waals surface area contributed by atoms with E-state index in [-0.39, 0.29) is 4.90 Å². The van der Waals surface area contributed by atoms with Gasteiger partial charge in [0.2, 0.25) is 10.0 Å². The van der Waals surface area contributed by atoms with Gasteiger partial charge in [-0.05, 0) is 57.7 Å². The van der Waals surface area contributed by atoms with Crippen LogP contribution in [-0.2, 0) is 10.0 Å². The molecule has 6 heteroatoms. The minimum absolute atomic E-state index is 0.194. The number of rotatable bonds is 7. The Balaban J connectivity index is 2.49. The van der Waals surface area contributed by atoms with Crippen molar-refractivity contribution in [3.05, 3.63) is 29.8 Å². The molecule has 104 valence electrons. The van der Waals surface area contributed by atoms with Gasteiger partial charge in [-0.15, -0.1) is 0 Å². The largest absolute Gasteiger partial charge is 0.309 e. The van der Waals surface area contributed by atoms with Gasteiger partial charge in [-0.1, -0.05) is 0 Å². The van der Waals surface area contributed by atoms with Crippen molar-refractivity contribution in [3.8, 4) is 6.07 Å². The molecular weight excluding hydrogens is 262 g/mol. The van der Waals surface area contributed by atoms with Crippen molar-refractivity contribution >= 4 is 10.0 Å². The molecule has 0 bridgehead atoms. The Hall–Kier alpha value is -1.42. The molecule has 0 amide bonds. The Morgan fingerprint density at radius 3 is 2.37 bits per heavy atom. The fraction of sp³-hybridized carbons (Fsp3) is 0.462. The maximum atomic E-state index is 11.9. The zero-order valence-corrected chi connectivity index (χ0v) is 12.1. The zero-order chi connectivity index (χ0) is 14.3. The summed E-state index contributed by atoms with van der Waals surface area (Å²) in [5.41, 5.74) is 0.449. The number of nitrogens with one attached hydrogen (secondary N) is 1. The maximum absolute atomic E-state index is 11.9. The monoisotopic (exact) mass is 281 g/mol. The molecule has 0 aliphatic heterocycles. The van der Waals surface area contributed by atoms with Crippen LogP contribution in [0.15, 0.2) is 29.2 Å². The van der Waals surface area contributed by atoms with Gasteiger partial charge in [0.1, 0.15) is 0 Å². The van der Waals surface area contributed by atoms with Crippen molar-refractivity contribution in [2.24, 2.45) is 0 Å². The minimum atomic E-state index is -3.46. The first-order valence-corrected chi connectivity index (χ1v) is 7.58. The molecule has 19 heavy (non-hydrogen) atoms. The molecular formula is C13H19N3O2S. The van der Waals surface area contributed by atoms with Gasteiger partial charge in [0.25, 0.3) is 0 Å². The molecule has 1 rings (SSSR count). The van der Waals surface area contributed by atoms with E-state index < -0.39 is 10.0 Å². The van der Waals surface area contributed by atoms with Crippen molar-refractivity contribution in [2.45, 2.75) is 17.7 Å².